The van der Waals surface area contributed by atoms with Crippen molar-refractivity contribution in [3.05, 3.63) is 0 Å². The first-order chi connectivity index (χ1) is 23.6. The molecule has 3 aliphatic heterocycles. The number of nitrogens with one attached hydrogen (secondary N) is 6. The quantitative estimate of drug-likeness (QED) is 0.0831. The van der Waals surface area contributed by atoms with Crippen molar-refractivity contribution in [2.24, 2.45) is 17.8 Å². The molecular weight excluding hydrogens is 631 g/mol. The smallest absolute Gasteiger partial charge is 0.229 e. The van der Waals surface area contributed by atoms with E-state index in [4.69, 9.17) is 15.0 Å². The molecule has 3 fully saturated rings. The third kappa shape index (κ3) is 15.3. The number of anilines is 3. The molecule has 51 heavy (non-hydrogen) atoms. The van der Waals surface area contributed by atoms with E-state index < -0.39 is 0 Å². The van der Waals surface area contributed by atoms with Gasteiger partial charge in [-0.1, -0.05) is 38.5 Å². The first-order valence-electron chi connectivity index (χ1n) is 20.9. The third-order valence-corrected chi connectivity index (χ3v) is 11.4. The molecule has 6 N–H and O–H groups in total. The Hall–Kier alpha value is -1.71. The van der Waals surface area contributed by atoms with Gasteiger partial charge in [0.1, 0.15) is 0 Å². The number of hydrogen-bond donors (Lipinski definition) is 6. The lowest BCUT2D eigenvalue weighted by Gasteiger charge is -2.46. The predicted molar refractivity (Wildman–Crippen MR) is 219 cm³/mol. The molecule has 0 saturated carbocycles. The fourth-order valence-corrected chi connectivity index (χ4v) is 11.1. The topological polar surface area (TPSA) is 111 Å². The number of nitrogens with zero attached hydrogens (tertiary/aromatic N) is 3. The number of aromatic nitrogens is 3. The van der Waals surface area contributed by atoms with Gasteiger partial charge in [-0.3, -0.25) is 0 Å². The first-order valence-corrected chi connectivity index (χ1v) is 20.9. The number of rotatable bonds is 18. The van der Waals surface area contributed by atoms with Gasteiger partial charge in [-0.25, -0.2) is 0 Å². The highest BCUT2D eigenvalue weighted by molar-refractivity contribution is 5.42. The molecule has 0 atom stereocenters. The van der Waals surface area contributed by atoms with Gasteiger partial charge < -0.3 is 31.9 Å². The normalized spacial score (nSPS) is 24.2. The Morgan fingerprint density at radius 2 is 0.608 bits per heavy atom. The van der Waals surface area contributed by atoms with Crippen LogP contribution in [0, 0.1) is 17.8 Å². The SMILES string of the molecule is CC1(C)CC(CCCCNc2nc(NCCCCC3CC(C)(C)NC(C)(C)C3)nc(NCCCCC3CC(C)(C)NC(C)(C)C3)n2)CC(C)(C)N1. The average Bonchev–Trinajstić information content (AvgIpc) is 2.92. The molecule has 294 valence electrons. The summed E-state index contributed by atoms with van der Waals surface area (Å²) in [7, 11) is 0. The van der Waals surface area contributed by atoms with Crippen LogP contribution in [0.4, 0.5) is 17.8 Å². The minimum absolute atomic E-state index is 0.213. The molecule has 3 saturated heterocycles. The fourth-order valence-electron chi connectivity index (χ4n) is 11.1. The Bertz CT molecular complexity index is 1010. The summed E-state index contributed by atoms with van der Waals surface area (Å²) in [6.45, 7) is 30.9. The highest BCUT2D eigenvalue weighted by Gasteiger charge is 2.39. The van der Waals surface area contributed by atoms with E-state index in [9.17, 15) is 0 Å². The Balaban J connectivity index is 1.25. The van der Waals surface area contributed by atoms with Crippen LogP contribution in [0.15, 0.2) is 0 Å². The van der Waals surface area contributed by atoms with Gasteiger partial charge in [0.15, 0.2) is 0 Å². The van der Waals surface area contributed by atoms with Crippen LogP contribution in [0.2, 0.25) is 0 Å². The molecule has 4 heterocycles. The van der Waals surface area contributed by atoms with Crippen molar-refractivity contribution in [2.75, 3.05) is 35.6 Å². The highest BCUT2D eigenvalue weighted by Crippen LogP contribution is 2.37. The third-order valence-electron chi connectivity index (χ3n) is 11.4. The number of unbranched alkanes of at least 4 members (excludes halogenated alkanes) is 3. The van der Waals surface area contributed by atoms with Crippen molar-refractivity contribution in [3.63, 3.8) is 0 Å². The van der Waals surface area contributed by atoms with Gasteiger partial charge in [0.05, 0.1) is 0 Å². The van der Waals surface area contributed by atoms with Gasteiger partial charge in [0.2, 0.25) is 17.8 Å². The molecule has 0 aliphatic carbocycles. The molecule has 0 radical (unpaired) electrons. The van der Waals surface area contributed by atoms with Crippen molar-refractivity contribution in [1.82, 2.24) is 30.9 Å². The largest absolute Gasteiger partial charge is 0.354 e. The van der Waals surface area contributed by atoms with Gasteiger partial charge >= 0.3 is 0 Å². The van der Waals surface area contributed by atoms with Gasteiger partial charge in [-0.2, -0.15) is 15.0 Å². The zero-order chi connectivity index (χ0) is 37.6. The summed E-state index contributed by atoms with van der Waals surface area (Å²) >= 11 is 0. The Kier molecular flexibility index (Phi) is 14.2. The van der Waals surface area contributed by atoms with E-state index in [1.54, 1.807) is 0 Å². The van der Waals surface area contributed by atoms with Gasteiger partial charge in [0.25, 0.3) is 0 Å². The second-order valence-corrected chi connectivity index (χ2v) is 21.1. The van der Waals surface area contributed by atoms with Gasteiger partial charge in [-0.15, -0.1) is 0 Å². The van der Waals surface area contributed by atoms with Crippen LogP contribution in [0.1, 0.15) is 179 Å². The first kappa shape index (κ1) is 42.0. The lowest BCUT2D eigenvalue weighted by Crippen LogP contribution is -2.57. The standard InChI is InChI=1S/C42H81N9/c1-37(2)25-31(26-38(3,4)49-37)19-13-16-22-43-34-46-35(44-23-17-14-20-32-27-39(5,6)50-40(7,8)28-32)48-36(47-34)45-24-18-15-21-33-29-41(9,10)51-42(11,12)30-33/h31-33,49-51H,13-30H2,1-12H3,(H3,43,44,45,46,47,48). The maximum atomic E-state index is 4.81. The molecule has 9 heteroatoms. The van der Waals surface area contributed by atoms with E-state index in [2.05, 4.69) is 115 Å². The number of piperidine rings is 3. The molecule has 0 unspecified atom stereocenters. The molecule has 1 aromatic rings. The molecule has 1 aromatic heterocycles. The Labute approximate surface area is 314 Å². The number of hydrogen-bond acceptors (Lipinski definition) is 9. The van der Waals surface area contributed by atoms with E-state index in [0.717, 1.165) is 56.7 Å². The predicted octanol–water partition coefficient (Wildman–Crippen LogP) is 9.29. The summed E-state index contributed by atoms with van der Waals surface area (Å²) in [5, 5.41) is 22.1. The lowest BCUT2D eigenvalue weighted by atomic mass is 9.74. The molecule has 0 bridgehead atoms. The second-order valence-electron chi connectivity index (χ2n) is 21.1. The summed E-state index contributed by atoms with van der Waals surface area (Å²) < 4.78 is 0. The maximum Gasteiger partial charge on any atom is 0.229 e. The van der Waals surface area contributed by atoms with E-state index in [0.29, 0.717) is 17.8 Å². The van der Waals surface area contributed by atoms with Crippen LogP contribution < -0.4 is 31.9 Å². The zero-order valence-corrected chi connectivity index (χ0v) is 35.3. The molecule has 3 aliphatic rings. The highest BCUT2D eigenvalue weighted by atomic mass is 15.3. The summed E-state index contributed by atoms with van der Waals surface area (Å²) in [6.07, 6.45) is 18.4. The average molecular weight is 712 g/mol. The van der Waals surface area contributed by atoms with Crippen LogP contribution in [-0.4, -0.2) is 67.8 Å². The van der Waals surface area contributed by atoms with Crippen molar-refractivity contribution < 1.29 is 0 Å². The van der Waals surface area contributed by atoms with Gasteiger partial charge in [0, 0.05) is 52.9 Å². The van der Waals surface area contributed by atoms with Crippen LogP contribution in [0.5, 0.6) is 0 Å². The van der Waals surface area contributed by atoms with Crippen LogP contribution in [-0.2, 0) is 0 Å². The fraction of sp³-hybridized carbons (Fsp3) is 0.929. The summed E-state index contributed by atoms with van der Waals surface area (Å²) in [5.74, 6) is 4.37. The van der Waals surface area contributed by atoms with Crippen molar-refractivity contribution in [3.8, 4) is 0 Å². The Morgan fingerprint density at radius 1 is 0.392 bits per heavy atom. The monoisotopic (exact) mass is 712 g/mol. The van der Waals surface area contributed by atoms with E-state index in [1.165, 1.54) is 77.0 Å². The minimum atomic E-state index is 0.213. The molecule has 0 spiro atoms. The second kappa shape index (κ2) is 17.2. The molecule has 0 amide bonds. The van der Waals surface area contributed by atoms with Crippen LogP contribution >= 0.6 is 0 Å². The minimum Gasteiger partial charge on any atom is -0.354 e. The summed E-state index contributed by atoms with van der Waals surface area (Å²) in [5.41, 5.74) is 1.28. The van der Waals surface area contributed by atoms with Gasteiger partial charge in [-0.05, 0) is 159 Å². The van der Waals surface area contributed by atoms with Crippen molar-refractivity contribution >= 4 is 17.8 Å². The lowest BCUT2D eigenvalue weighted by molar-refractivity contribution is 0.121. The zero-order valence-electron chi connectivity index (χ0n) is 35.3. The van der Waals surface area contributed by atoms with E-state index in [1.807, 2.05) is 0 Å². The summed E-state index contributed by atoms with van der Waals surface area (Å²) in [4.78, 5) is 14.4. The van der Waals surface area contributed by atoms with Crippen LogP contribution in [0.3, 0.4) is 0 Å². The molecule has 4 rings (SSSR count). The molecule has 9 nitrogen and oxygen atoms in total. The maximum absolute atomic E-state index is 4.81. The van der Waals surface area contributed by atoms with Crippen LogP contribution in [0.25, 0.3) is 0 Å². The summed E-state index contributed by atoms with van der Waals surface area (Å²) in [6, 6.07) is 0. The molecular formula is C42H81N9. The van der Waals surface area contributed by atoms with Crippen molar-refractivity contribution in [1.29, 1.82) is 0 Å². The van der Waals surface area contributed by atoms with E-state index >= 15 is 0 Å². The van der Waals surface area contributed by atoms with Crippen molar-refractivity contribution in [2.45, 2.75) is 213 Å². The molecule has 0 aromatic carbocycles. The van der Waals surface area contributed by atoms with E-state index in [-0.39, 0.29) is 33.2 Å². The Morgan fingerprint density at radius 3 is 0.824 bits per heavy atom.